The molecule has 2 amide bonds. The lowest BCUT2D eigenvalue weighted by Crippen LogP contribution is -2.35. The smallest absolute Gasteiger partial charge is 0.226 e. The highest BCUT2D eigenvalue weighted by atomic mass is 32.2. The van der Waals surface area contributed by atoms with Crippen LogP contribution < -0.4 is 10.2 Å². The van der Waals surface area contributed by atoms with E-state index in [2.05, 4.69) is 5.32 Å². The van der Waals surface area contributed by atoms with E-state index in [0.29, 0.717) is 18.5 Å². The zero-order valence-electron chi connectivity index (χ0n) is 17.9. The molecule has 1 N–H and O–H groups in total. The topological polar surface area (TPSA) is 83.6 Å². The summed E-state index contributed by atoms with van der Waals surface area (Å²) in [5.74, 6) is -0.574. The number of hydrogen-bond acceptors (Lipinski definition) is 4. The molecule has 0 aliphatic carbocycles. The molecule has 1 aliphatic rings. The number of nitrogens with one attached hydrogen (secondary N) is 1. The highest BCUT2D eigenvalue weighted by molar-refractivity contribution is 7.91. The van der Waals surface area contributed by atoms with Crippen LogP contribution in [0, 0.1) is 13.8 Å². The first-order valence-electron chi connectivity index (χ1n) is 10.2. The molecule has 2 aromatic carbocycles. The molecule has 30 heavy (non-hydrogen) atoms. The number of carbonyl (C=O) groups is 2. The largest absolute Gasteiger partial charge is 0.326 e. The Kier molecular flexibility index (Phi) is 6.31. The Labute approximate surface area is 178 Å². The third-order valence-corrected chi connectivity index (χ3v) is 7.16. The van der Waals surface area contributed by atoms with Crippen molar-refractivity contribution in [2.75, 3.05) is 16.0 Å². The van der Waals surface area contributed by atoms with E-state index in [1.54, 1.807) is 17.0 Å². The number of anilines is 2. The summed E-state index contributed by atoms with van der Waals surface area (Å²) in [6.45, 7) is 7.64. The van der Waals surface area contributed by atoms with Crippen molar-refractivity contribution < 1.29 is 18.0 Å². The van der Waals surface area contributed by atoms with E-state index in [9.17, 15) is 18.0 Å². The first-order valence-corrected chi connectivity index (χ1v) is 11.8. The first-order chi connectivity index (χ1) is 14.1. The highest BCUT2D eigenvalue weighted by Gasteiger charge is 2.31. The minimum Gasteiger partial charge on any atom is -0.326 e. The van der Waals surface area contributed by atoms with E-state index in [1.807, 2.05) is 45.9 Å². The minimum atomic E-state index is -3.61. The summed E-state index contributed by atoms with van der Waals surface area (Å²) in [5.41, 5.74) is 4.35. The van der Waals surface area contributed by atoms with Crippen LogP contribution >= 0.6 is 0 Å². The summed E-state index contributed by atoms with van der Waals surface area (Å²) < 4.78 is 25.6. The Balaban J connectivity index is 1.70. The van der Waals surface area contributed by atoms with E-state index >= 15 is 0 Å². The van der Waals surface area contributed by atoms with Gasteiger partial charge in [-0.05, 0) is 62.6 Å². The van der Waals surface area contributed by atoms with Crippen LogP contribution in [0.4, 0.5) is 11.4 Å². The molecule has 0 bridgehead atoms. The fourth-order valence-corrected chi connectivity index (χ4v) is 5.15. The normalized spacial score (nSPS) is 15.7. The molecule has 160 valence electrons. The molecule has 6 nitrogen and oxygen atoms in total. The van der Waals surface area contributed by atoms with Gasteiger partial charge in [0.2, 0.25) is 11.8 Å². The van der Waals surface area contributed by atoms with Gasteiger partial charge in [-0.3, -0.25) is 9.59 Å². The summed E-state index contributed by atoms with van der Waals surface area (Å²) in [6, 6.07) is 10.6. The molecule has 1 aliphatic heterocycles. The molecule has 0 aromatic heterocycles. The lowest BCUT2D eigenvalue weighted by molar-refractivity contribution is -0.118. The number of benzene rings is 2. The van der Waals surface area contributed by atoms with Crippen LogP contribution in [-0.2, 0) is 25.8 Å². The predicted molar refractivity (Wildman–Crippen MR) is 119 cm³/mol. The number of carbonyl (C=O) groups excluding carboxylic acids is 2. The highest BCUT2D eigenvalue weighted by Crippen LogP contribution is 2.34. The number of amides is 2. The lowest BCUT2D eigenvalue weighted by Gasteiger charge is -2.22. The summed E-state index contributed by atoms with van der Waals surface area (Å²) >= 11 is 0. The van der Waals surface area contributed by atoms with Gasteiger partial charge in [-0.2, -0.15) is 0 Å². The fourth-order valence-electron chi connectivity index (χ4n) is 3.86. The van der Waals surface area contributed by atoms with E-state index in [0.717, 1.165) is 22.4 Å². The van der Waals surface area contributed by atoms with Crippen LogP contribution in [0.1, 0.15) is 43.4 Å². The van der Waals surface area contributed by atoms with Crippen LogP contribution in [0.3, 0.4) is 0 Å². The van der Waals surface area contributed by atoms with Crippen molar-refractivity contribution in [2.45, 2.75) is 57.9 Å². The SMILES string of the molecule is CCC(=O)N1c2ccc(S(=O)(=O)CCC(=O)Nc3ccc(C)cc3C)cc2C[C@H]1C. The van der Waals surface area contributed by atoms with Crippen molar-refractivity contribution in [2.24, 2.45) is 0 Å². The standard InChI is InChI=1S/C23H28N2O4S/c1-5-23(27)25-17(4)13-18-14-19(7-9-21(18)25)30(28,29)11-10-22(26)24-20-8-6-15(2)12-16(20)3/h6-9,12,14,17H,5,10-11,13H2,1-4H3,(H,24,26)/t17-/m1/s1. The zero-order chi connectivity index (χ0) is 22.1. The first kappa shape index (κ1) is 22.0. The fraction of sp³-hybridized carbons (Fsp3) is 0.391. The maximum Gasteiger partial charge on any atom is 0.226 e. The quantitative estimate of drug-likeness (QED) is 0.759. The molecule has 7 heteroatoms. The van der Waals surface area contributed by atoms with Crippen LogP contribution in [0.5, 0.6) is 0 Å². The molecular weight excluding hydrogens is 400 g/mol. The Morgan fingerprint density at radius 1 is 1.13 bits per heavy atom. The monoisotopic (exact) mass is 428 g/mol. The summed E-state index contributed by atoms with van der Waals surface area (Å²) in [6.07, 6.45) is 0.903. The van der Waals surface area contributed by atoms with Crippen LogP contribution in [-0.4, -0.2) is 32.0 Å². The number of aryl methyl sites for hydroxylation is 2. The van der Waals surface area contributed by atoms with Gasteiger partial charge in [0, 0.05) is 30.3 Å². The van der Waals surface area contributed by atoms with E-state index < -0.39 is 9.84 Å². The van der Waals surface area contributed by atoms with Crippen LogP contribution in [0.15, 0.2) is 41.3 Å². The van der Waals surface area contributed by atoms with Crippen molar-refractivity contribution in [3.8, 4) is 0 Å². The lowest BCUT2D eigenvalue weighted by atomic mass is 10.1. The van der Waals surface area contributed by atoms with E-state index in [4.69, 9.17) is 0 Å². The number of hydrogen-bond donors (Lipinski definition) is 1. The molecule has 0 spiro atoms. The summed E-state index contributed by atoms with van der Waals surface area (Å²) in [4.78, 5) is 26.4. The Hall–Kier alpha value is -2.67. The van der Waals surface area contributed by atoms with Crippen molar-refractivity contribution in [3.63, 3.8) is 0 Å². The van der Waals surface area contributed by atoms with Gasteiger partial charge in [-0.25, -0.2) is 8.42 Å². The third-order valence-electron chi connectivity index (χ3n) is 5.45. The molecule has 0 unspecified atom stereocenters. The zero-order valence-corrected chi connectivity index (χ0v) is 18.7. The third kappa shape index (κ3) is 4.56. The van der Waals surface area contributed by atoms with Gasteiger partial charge in [0.15, 0.2) is 9.84 Å². The number of rotatable bonds is 6. The molecular formula is C23H28N2O4S. The van der Waals surface area contributed by atoms with Crippen LogP contribution in [0.2, 0.25) is 0 Å². The Morgan fingerprint density at radius 2 is 1.87 bits per heavy atom. The molecule has 1 heterocycles. The van der Waals surface area contributed by atoms with Gasteiger partial charge in [-0.1, -0.05) is 24.6 Å². The van der Waals surface area contributed by atoms with Crippen molar-refractivity contribution >= 4 is 33.0 Å². The van der Waals surface area contributed by atoms with E-state index in [-0.39, 0.29) is 34.9 Å². The molecule has 0 radical (unpaired) electrons. The van der Waals surface area contributed by atoms with Gasteiger partial charge >= 0.3 is 0 Å². The molecule has 1 atom stereocenters. The van der Waals surface area contributed by atoms with Gasteiger partial charge in [0.1, 0.15) is 0 Å². The molecule has 3 rings (SSSR count). The second-order valence-corrected chi connectivity index (χ2v) is 10.0. The van der Waals surface area contributed by atoms with Crippen molar-refractivity contribution in [3.05, 3.63) is 53.1 Å². The van der Waals surface area contributed by atoms with Crippen molar-refractivity contribution in [1.82, 2.24) is 0 Å². The number of fused-ring (bicyclic) bond motifs is 1. The van der Waals surface area contributed by atoms with Gasteiger partial charge < -0.3 is 10.2 Å². The molecule has 0 fully saturated rings. The molecule has 2 aromatic rings. The molecule has 0 saturated heterocycles. The van der Waals surface area contributed by atoms with Crippen LogP contribution in [0.25, 0.3) is 0 Å². The Bertz CT molecular complexity index is 1090. The average Bonchev–Trinajstić information content (AvgIpc) is 3.03. The van der Waals surface area contributed by atoms with Crippen molar-refractivity contribution in [1.29, 1.82) is 0 Å². The van der Waals surface area contributed by atoms with Gasteiger partial charge in [0.25, 0.3) is 0 Å². The number of sulfone groups is 1. The second kappa shape index (κ2) is 8.60. The number of nitrogens with zero attached hydrogens (tertiary/aromatic N) is 1. The average molecular weight is 429 g/mol. The maximum absolute atomic E-state index is 12.8. The maximum atomic E-state index is 12.8. The minimum absolute atomic E-state index is 0.00827. The van der Waals surface area contributed by atoms with Gasteiger partial charge in [0.05, 0.1) is 10.6 Å². The summed E-state index contributed by atoms with van der Waals surface area (Å²) in [7, 11) is -3.61. The Morgan fingerprint density at radius 3 is 2.53 bits per heavy atom. The second-order valence-electron chi connectivity index (χ2n) is 7.90. The summed E-state index contributed by atoms with van der Waals surface area (Å²) in [5, 5.41) is 2.79. The molecule has 0 saturated carbocycles. The van der Waals surface area contributed by atoms with Gasteiger partial charge in [-0.15, -0.1) is 0 Å². The van der Waals surface area contributed by atoms with E-state index in [1.165, 1.54) is 6.07 Å². The predicted octanol–water partition coefficient (Wildman–Crippen LogP) is 3.79.